The van der Waals surface area contributed by atoms with Gasteiger partial charge in [0.2, 0.25) is 11.8 Å². The lowest BCUT2D eigenvalue weighted by Gasteiger charge is -2.32. The van der Waals surface area contributed by atoms with Gasteiger partial charge >= 0.3 is 0 Å². The van der Waals surface area contributed by atoms with Crippen molar-refractivity contribution < 1.29 is 9.59 Å². The summed E-state index contributed by atoms with van der Waals surface area (Å²) >= 11 is 0. The van der Waals surface area contributed by atoms with Crippen LogP contribution in [0.25, 0.3) is 0 Å². The van der Waals surface area contributed by atoms with Crippen molar-refractivity contribution in [1.29, 1.82) is 0 Å². The summed E-state index contributed by atoms with van der Waals surface area (Å²) in [5, 5.41) is 2.86. The fourth-order valence-electron chi connectivity index (χ4n) is 3.81. The largest absolute Gasteiger partial charge is 0.352 e. The van der Waals surface area contributed by atoms with Crippen LogP contribution in [0.5, 0.6) is 0 Å². The number of benzene rings is 2. The SMILES string of the molecule is C=CCNC(=O)C1CCN(C(=O)CC(c2ccccc2)c2ccccc2)CC1. The van der Waals surface area contributed by atoms with Gasteiger partial charge in [0, 0.05) is 37.9 Å². The number of hydrogen-bond donors (Lipinski definition) is 1. The molecular weight excluding hydrogens is 348 g/mol. The van der Waals surface area contributed by atoms with E-state index >= 15 is 0 Å². The van der Waals surface area contributed by atoms with Gasteiger partial charge in [-0.3, -0.25) is 9.59 Å². The summed E-state index contributed by atoms with van der Waals surface area (Å²) in [7, 11) is 0. The Labute approximate surface area is 167 Å². The van der Waals surface area contributed by atoms with Crippen molar-refractivity contribution in [1.82, 2.24) is 10.2 Å². The molecule has 1 fully saturated rings. The number of nitrogens with one attached hydrogen (secondary N) is 1. The Kier molecular flexibility index (Phi) is 7.01. The second kappa shape index (κ2) is 9.88. The molecule has 2 aromatic rings. The van der Waals surface area contributed by atoms with Gasteiger partial charge in [0.1, 0.15) is 0 Å². The van der Waals surface area contributed by atoms with Gasteiger partial charge in [0.05, 0.1) is 0 Å². The van der Waals surface area contributed by atoms with Crippen LogP contribution < -0.4 is 5.32 Å². The summed E-state index contributed by atoms with van der Waals surface area (Å²) in [6.07, 6.45) is 3.57. The van der Waals surface area contributed by atoms with Crippen LogP contribution in [0.3, 0.4) is 0 Å². The van der Waals surface area contributed by atoms with Gasteiger partial charge < -0.3 is 10.2 Å². The quantitative estimate of drug-likeness (QED) is 0.748. The Hall–Kier alpha value is -2.88. The van der Waals surface area contributed by atoms with Crippen molar-refractivity contribution in [2.24, 2.45) is 5.92 Å². The Balaban J connectivity index is 1.63. The highest BCUT2D eigenvalue weighted by Gasteiger charge is 2.28. The third-order valence-electron chi connectivity index (χ3n) is 5.42. The number of likely N-dealkylation sites (tertiary alicyclic amines) is 1. The van der Waals surface area contributed by atoms with E-state index in [1.165, 1.54) is 0 Å². The molecule has 146 valence electrons. The standard InChI is InChI=1S/C24H28N2O2/c1-2-15-25-24(28)21-13-16-26(17-14-21)23(27)18-22(19-9-5-3-6-10-19)20-11-7-4-8-12-20/h2-12,21-22H,1,13-18H2,(H,25,28). The van der Waals surface area contributed by atoms with Crippen molar-refractivity contribution in [3.8, 4) is 0 Å². The average Bonchev–Trinajstić information content (AvgIpc) is 2.77. The van der Waals surface area contributed by atoms with Crippen molar-refractivity contribution in [2.45, 2.75) is 25.2 Å². The van der Waals surface area contributed by atoms with E-state index in [1.807, 2.05) is 41.3 Å². The van der Waals surface area contributed by atoms with E-state index in [0.29, 0.717) is 26.1 Å². The minimum absolute atomic E-state index is 0.0111. The molecule has 0 unspecified atom stereocenters. The molecule has 1 aliphatic heterocycles. The number of piperidine rings is 1. The zero-order chi connectivity index (χ0) is 19.8. The number of carbonyl (C=O) groups is 2. The summed E-state index contributed by atoms with van der Waals surface area (Å²) in [6, 6.07) is 20.4. The average molecular weight is 377 g/mol. The first-order chi connectivity index (χ1) is 13.7. The van der Waals surface area contributed by atoms with Crippen LogP contribution >= 0.6 is 0 Å². The zero-order valence-corrected chi connectivity index (χ0v) is 16.2. The van der Waals surface area contributed by atoms with Crippen LogP contribution in [0.15, 0.2) is 73.3 Å². The fourth-order valence-corrected chi connectivity index (χ4v) is 3.81. The number of amides is 2. The molecule has 1 saturated heterocycles. The second-order valence-electron chi connectivity index (χ2n) is 7.27. The third kappa shape index (κ3) is 5.10. The molecule has 28 heavy (non-hydrogen) atoms. The molecule has 2 aromatic carbocycles. The minimum Gasteiger partial charge on any atom is -0.352 e. The topological polar surface area (TPSA) is 49.4 Å². The van der Waals surface area contributed by atoms with Crippen molar-refractivity contribution in [3.63, 3.8) is 0 Å². The lowest BCUT2D eigenvalue weighted by atomic mass is 9.87. The van der Waals surface area contributed by atoms with Crippen LogP contribution in [0, 0.1) is 5.92 Å². The van der Waals surface area contributed by atoms with Crippen molar-refractivity contribution in [3.05, 3.63) is 84.4 Å². The van der Waals surface area contributed by atoms with Crippen LogP contribution in [0.1, 0.15) is 36.3 Å². The first kappa shape index (κ1) is 19.9. The van der Waals surface area contributed by atoms with Crippen LogP contribution in [0.4, 0.5) is 0 Å². The minimum atomic E-state index is -0.0111. The maximum absolute atomic E-state index is 13.0. The summed E-state index contributed by atoms with van der Waals surface area (Å²) < 4.78 is 0. The number of nitrogens with zero attached hydrogens (tertiary/aromatic N) is 1. The first-order valence-corrected chi connectivity index (χ1v) is 9.95. The fraction of sp³-hybridized carbons (Fsp3) is 0.333. The second-order valence-corrected chi connectivity index (χ2v) is 7.27. The summed E-state index contributed by atoms with van der Waals surface area (Å²) in [4.78, 5) is 27.0. The van der Waals surface area contributed by atoms with E-state index in [4.69, 9.17) is 0 Å². The number of rotatable bonds is 7. The Morgan fingerprint density at radius 2 is 1.54 bits per heavy atom. The smallest absolute Gasteiger partial charge is 0.223 e. The molecule has 1 N–H and O–H groups in total. The van der Waals surface area contributed by atoms with Gasteiger partial charge in [-0.15, -0.1) is 6.58 Å². The molecule has 0 spiro atoms. The number of hydrogen-bond acceptors (Lipinski definition) is 2. The molecule has 0 bridgehead atoms. The molecule has 1 aliphatic rings. The molecule has 1 heterocycles. The molecule has 0 saturated carbocycles. The molecule has 0 radical (unpaired) electrons. The monoisotopic (exact) mass is 376 g/mol. The van der Waals surface area contributed by atoms with E-state index in [9.17, 15) is 9.59 Å². The Morgan fingerprint density at radius 1 is 1.00 bits per heavy atom. The van der Waals surface area contributed by atoms with Gasteiger partial charge in [-0.1, -0.05) is 66.7 Å². The maximum atomic E-state index is 13.0. The maximum Gasteiger partial charge on any atom is 0.223 e. The molecule has 2 amide bonds. The molecule has 3 rings (SSSR count). The van der Waals surface area contributed by atoms with E-state index in [1.54, 1.807) is 6.08 Å². The Bertz CT molecular complexity index is 741. The van der Waals surface area contributed by atoms with Crippen LogP contribution in [-0.4, -0.2) is 36.3 Å². The highest BCUT2D eigenvalue weighted by Crippen LogP contribution is 2.29. The van der Waals surface area contributed by atoms with Crippen molar-refractivity contribution >= 4 is 11.8 Å². The van der Waals surface area contributed by atoms with Gasteiger partial charge in [-0.2, -0.15) is 0 Å². The van der Waals surface area contributed by atoms with E-state index < -0.39 is 0 Å². The molecule has 4 nitrogen and oxygen atoms in total. The highest BCUT2D eigenvalue weighted by atomic mass is 16.2. The first-order valence-electron chi connectivity index (χ1n) is 9.95. The summed E-state index contributed by atoms with van der Waals surface area (Å²) in [5.41, 5.74) is 2.31. The predicted octanol–water partition coefficient (Wildman–Crippen LogP) is 3.75. The predicted molar refractivity (Wildman–Crippen MR) is 112 cm³/mol. The van der Waals surface area contributed by atoms with Gasteiger partial charge in [-0.05, 0) is 24.0 Å². The van der Waals surface area contributed by atoms with E-state index in [-0.39, 0.29) is 23.7 Å². The molecule has 0 aliphatic carbocycles. The Morgan fingerprint density at radius 3 is 2.04 bits per heavy atom. The van der Waals surface area contributed by atoms with Gasteiger partial charge in [0.25, 0.3) is 0 Å². The van der Waals surface area contributed by atoms with Crippen LogP contribution in [0.2, 0.25) is 0 Å². The van der Waals surface area contributed by atoms with Crippen molar-refractivity contribution in [2.75, 3.05) is 19.6 Å². The summed E-state index contributed by atoms with van der Waals surface area (Å²) in [5.74, 6) is 0.257. The molecule has 0 atom stereocenters. The summed E-state index contributed by atoms with van der Waals surface area (Å²) in [6.45, 7) is 5.40. The molecule has 0 aromatic heterocycles. The normalized spacial score (nSPS) is 14.7. The lowest BCUT2D eigenvalue weighted by molar-refractivity contribution is -0.135. The molecular formula is C24H28N2O2. The molecule has 4 heteroatoms. The lowest BCUT2D eigenvalue weighted by Crippen LogP contribution is -2.43. The number of carbonyl (C=O) groups excluding carboxylic acids is 2. The van der Waals surface area contributed by atoms with Gasteiger partial charge in [0.15, 0.2) is 0 Å². The third-order valence-corrected chi connectivity index (χ3v) is 5.42. The highest BCUT2D eigenvalue weighted by molar-refractivity contribution is 5.80. The van der Waals surface area contributed by atoms with E-state index in [0.717, 1.165) is 24.0 Å². The van der Waals surface area contributed by atoms with Gasteiger partial charge in [-0.25, -0.2) is 0 Å². The van der Waals surface area contributed by atoms with Crippen LogP contribution in [-0.2, 0) is 9.59 Å². The van der Waals surface area contributed by atoms with E-state index in [2.05, 4.69) is 36.2 Å². The zero-order valence-electron chi connectivity index (χ0n) is 16.2.